The summed E-state index contributed by atoms with van der Waals surface area (Å²) in [5, 5.41) is 2.26. The fourth-order valence-corrected chi connectivity index (χ4v) is 8.83. The quantitative estimate of drug-likeness (QED) is 0.182. The molecule has 0 spiro atoms. The summed E-state index contributed by atoms with van der Waals surface area (Å²) < 4.78 is 8.72. The Bertz CT molecular complexity index is 2950. The van der Waals surface area contributed by atoms with Crippen molar-refractivity contribution in [1.82, 2.24) is 9.55 Å². The van der Waals surface area contributed by atoms with Gasteiger partial charge in [-0.05, 0) is 69.3 Å². The first-order valence-corrected chi connectivity index (χ1v) is 18.1. The van der Waals surface area contributed by atoms with Gasteiger partial charge < -0.3 is 4.42 Å². The third-order valence-corrected chi connectivity index (χ3v) is 11.1. The SMILES string of the molecule is c1ccc(C2(c3ccccc3)c3ccccc3-c3ccc(-n4c(-c5ccc(-c6cccc7c6oc6ccccc67)cc5)nc5ccccc54)cc32)cc1. The highest BCUT2D eigenvalue weighted by Gasteiger charge is 2.46. The van der Waals surface area contributed by atoms with Crippen LogP contribution in [0.4, 0.5) is 0 Å². The highest BCUT2D eigenvalue weighted by molar-refractivity contribution is 6.09. The first-order chi connectivity index (χ1) is 26.3. The zero-order chi connectivity index (χ0) is 34.9. The number of nitrogens with zero attached hydrogens (tertiary/aromatic N) is 2. The zero-order valence-corrected chi connectivity index (χ0v) is 28.8. The van der Waals surface area contributed by atoms with Crippen molar-refractivity contribution in [3.8, 4) is 39.3 Å². The largest absolute Gasteiger partial charge is 0.455 e. The average Bonchev–Trinajstić information content (AvgIpc) is 3.90. The highest BCUT2D eigenvalue weighted by atomic mass is 16.3. The molecule has 2 aromatic heterocycles. The van der Waals surface area contributed by atoms with Gasteiger partial charge in [0.1, 0.15) is 17.0 Å². The number of imidazole rings is 1. The monoisotopic (exact) mass is 676 g/mol. The third kappa shape index (κ3) is 4.31. The summed E-state index contributed by atoms with van der Waals surface area (Å²) in [6, 6.07) is 69.7. The maximum Gasteiger partial charge on any atom is 0.145 e. The minimum atomic E-state index is -0.486. The number of fused-ring (bicyclic) bond motifs is 7. The molecule has 3 heteroatoms. The Labute approximate surface area is 307 Å². The summed E-state index contributed by atoms with van der Waals surface area (Å²) in [7, 11) is 0. The van der Waals surface area contributed by atoms with Crippen LogP contribution < -0.4 is 0 Å². The van der Waals surface area contributed by atoms with Gasteiger partial charge in [-0.3, -0.25) is 4.57 Å². The Morgan fingerprint density at radius 2 is 1.08 bits per heavy atom. The second-order valence-electron chi connectivity index (χ2n) is 13.9. The van der Waals surface area contributed by atoms with E-state index in [4.69, 9.17) is 9.40 Å². The number of hydrogen-bond acceptors (Lipinski definition) is 2. The summed E-state index contributed by atoms with van der Waals surface area (Å²) in [6.45, 7) is 0. The molecular weight excluding hydrogens is 645 g/mol. The molecule has 0 atom stereocenters. The summed E-state index contributed by atoms with van der Waals surface area (Å²) in [5.74, 6) is 0.903. The van der Waals surface area contributed by atoms with E-state index in [2.05, 4.69) is 187 Å². The molecule has 3 nitrogen and oxygen atoms in total. The van der Waals surface area contributed by atoms with Gasteiger partial charge in [-0.15, -0.1) is 0 Å². The van der Waals surface area contributed by atoms with Gasteiger partial charge in [0.15, 0.2) is 0 Å². The molecule has 0 saturated carbocycles. The Hall–Kier alpha value is -6.97. The van der Waals surface area contributed by atoms with Crippen LogP contribution in [0.15, 0.2) is 199 Å². The van der Waals surface area contributed by atoms with Gasteiger partial charge in [-0.25, -0.2) is 4.98 Å². The van der Waals surface area contributed by atoms with Crippen molar-refractivity contribution >= 4 is 33.0 Å². The summed E-state index contributed by atoms with van der Waals surface area (Å²) in [4.78, 5) is 5.27. The Morgan fingerprint density at radius 3 is 1.89 bits per heavy atom. The smallest absolute Gasteiger partial charge is 0.145 e. The molecule has 0 amide bonds. The highest BCUT2D eigenvalue weighted by Crippen LogP contribution is 2.56. The van der Waals surface area contributed by atoms with Crippen LogP contribution in [0.2, 0.25) is 0 Å². The molecule has 0 saturated heterocycles. The van der Waals surface area contributed by atoms with Crippen LogP contribution in [0.1, 0.15) is 22.3 Å². The van der Waals surface area contributed by atoms with E-state index in [0.717, 1.165) is 61.2 Å². The van der Waals surface area contributed by atoms with Gasteiger partial charge in [-0.2, -0.15) is 0 Å². The van der Waals surface area contributed by atoms with E-state index < -0.39 is 5.41 Å². The number of furan rings is 1. The van der Waals surface area contributed by atoms with Gasteiger partial charge in [-0.1, -0.05) is 164 Å². The molecule has 248 valence electrons. The summed E-state index contributed by atoms with van der Waals surface area (Å²) in [6.07, 6.45) is 0. The fourth-order valence-electron chi connectivity index (χ4n) is 8.83. The molecule has 8 aromatic carbocycles. The Kier molecular flexibility index (Phi) is 6.47. The molecule has 1 aliphatic rings. The molecule has 0 N–H and O–H groups in total. The first-order valence-electron chi connectivity index (χ1n) is 18.1. The van der Waals surface area contributed by atoms with E-state index >= 15 is 0 Å². The molecule has 0 bridgehead atoms. The molecule has 0 fully saturated rings. The molecule has 11 rings (SSSR count). The van der Waals surface area contributed by atoms with Crippen molar-refractivity contribution in [2.45, 2.75) is 5.41 Å². The number of hydrogen-bond donors (Lipinski definition) is 0. The number of rotatable bonds is 5. The van der Waals surface area contributed by atoms with Crippen molar-refractivity contribution < 1.29 is 4.42 Å². The van der Waals surface area contributed by atoms with Crippen molar-refractivity contribution in [3.63, 3.8) is 0 Å². The third-order valence-electron chi connectivity index (χ3n) is 11.1. The Morgan fingerprint density at radius 1 is 0.453 bits per heavy atom. The van der Waals surface area contributed by atoms with Crippen LogP contribution in [-0.4, -0.2) is 9.55 Å². The van der Waals surface area contributed by atoms with Crippen LogP contribution >= 0.6 is 0 Å². The molecule has 10 aromatic rings. The number of para-hydroxylation sites is 4. The summed E-state index contributed by atoms with van der Waals surface area (Å²) in [5.41, 5.74) is 15.3. The zero-order valence-electron chi connectivity index (χ0n) is 28.8. The second-order valence-corrected chi connectivity index (χ2v) is 13.9. The standard InChI is InChI=1S/C50H32N2O/c1-3-14-35(15-4-1)50(36-16-5-2-6-17-36)43-22-9-7-18-39(43)40-31-30-37(32-44(40)50)52-46-24-11-10-23-45(46)51-49(52)34-28-26-33(27-29-34)38-20-13-21-42-41-19-8-12-25-47(41)53-48(38)42/h1-32H. The average molecular weight is 677 g/mol. The molecule has 53 heavy (non-hydrogen) atoms. The van der Waals surface area contributed by atoms with Gasteiger partial charge in [0.2, 0.25) is 0 Å². The lowest BCUT2D eigenvalue weighted by atomic mass is 9.67. The minimum absolute atomic E-state index is 0.486. The number of aromatic nitrogens is 2. The van der Waals surface area contributed by atoms with E-state index in [9.17, 15) is 0 Å². The first kappa shape index (κ1) is 29.7. The van der Waals surface area contributed by atoms with E-state index in [1.54, 1.807) is 0 Å². The van der Waals surface area contributed by atoms with Crippen molar-refractivity contribution in [1.29, 1.82) is 0 Å². The minimum Gasteiger partial charge on any atom is -0.455 e. The van der Waals surface area contributed by atoms with Crippen LogP contribution in [-0.2, 0) is 5.41 Å². The Balaban J connectivity index is 1.11. The lowest BCUT2D eigenvalue weighted by Crippen LogP contribution is -2.28. The topological polar surface area (TPSA) is 31.0 Å². The second kappa shape index (κ2) is 11.5. The predicted octanol–water partition coefficient (Wildman–Crippen LogP) is 12.6. The molecule has 1 aliphatic carbocycles. The van der Waals surface area contributed by atoms with E-state index in [1.165, 1.54) is 33.4 Å². The lowest BCUT2D eigenvalue weighted by molar-refractivity contribution is 0.670. The van der Waals surface area contributed by atoms with Crippen molar-refractivity contribution in [2.75, 3.05) is 0 Å². The maximum atomic E-state index is 6.39. The van der Waals surface area contributed by atoms with Gasteiger partial charge in [0.05, 0.1) is 16.4 Å². The summed E-state index contributed by atoms with van der Waals surface area (Å²) >= 11 is 0. The molecule has 2 heterocycles. The molecular formula is C50H32N2O. The molecule has 0 unspecified atom stereocenters. The van der Waals surface area contributed by atoms with Crippen LogP contribution in [0.5, 0.6) is 0 Å². The van der Waals surface area contributed by atoms with Crippen LogP contribution in [0.3, 0.4) is 0 Å². The van der Waals surface area contributed by atoms with Crippen LogP contribution in [0.25, 0.3) is 72.3 Å². The van der Waals surface area contributed by atoms with E-state index in [0.29, 0.717) is 0 Å². The van der Waals surface area contributed by atoms with Gasteiger partial charge in [0.25, 0.3) is 0 Å². The maximum absolute atomic E-state index is 6.39. The molecule has 0 aliphatic heterocycles. The van der Waals surface area contributed by atoms with Crippen molar-refractivity contribution in [2.24, 2.45) is 0 Å². The normalized spacial score (nSPS) is 13.1. The van der Waals surface area contributed by atoms with Gasteiger partial charge in [0, 0.05) is 27.6 Å². The van der Waals surface area contributed by atoms with Crippen molar-refractivity contribution in [3.05, 3.63) is 216 Å². The lowest BCUT2D eigenvalue weighted by Gasteiger charge is -2.34. The molecule has 0 radical (unpaired) electrons. The predicted molar refractivity (Wildman–Crippen MR) is 217 cm³/mol. The van der Waals surface area contributed by atoms with Crippen LogP contribution in [0, 0.1) is 0 Å². The van der Waals surface area contributed by atoms with Gasteiger partial charge >= 0.3 is 0 Å². The van der Waals surface area contributed by atoms with E-state index in [1.807, 2.05) is 12.1 Å². The van der Waals surface area contributed by atoms with E-state index in [-0.39, 0.29) is 0 Å². The fraction of sp³-hybridized carbons (Fsp3) is 0.0200. The number of benzene rings is 8.